The Morgan fingerprint density at radius 1 is 1.25 bits per heavy atom. The van der Waals surface area contributed by atoms with Gasteiger partial charge in [-0.15, -0.1) is 0 Å². The first-order valence-electron chi connectivity index (χ1n) is 9.65. The molecule has 2 fully saturated rings. The number of ether oxygens (including phenoxy) is 1. The number of nitrogens with zero attached hydrogens (tertiary/aromatic N) is 2. The Hall–Kier alpha value is -0.460. The lowest BCUT2D eigenvalue weighted by molar-refractivity contribution is 0.150. The molecule has 0 spiro atoms. The van der Waals surface area contributed by atoms with Crippen LogP contribution in [0, 0.1) is 5.92 Å². The van der Waals surface area contributed by atoms with Crippen LogP contribution in [0.15, 0.2) is 4.99 Å². The SMILES string of the molecule is CCNC(=NCCCCSC)NC1CCN(CC2CCOC2)CC1. The standard InChI is InChI=1S/C18H36N4OS/c1-3-19-18(20-9-4-5-13-24-2)21-17-6-10-22(11-7-17)14-16-8-12-23-15-16/h16-17H,3-15H2,1-2H3,(H2,19,20,21). The van der Waals surface area contributed by atoms with Crippen LogP contribution in [0.2, 0.25) is 0 Å². The summed E-state index contributed by atoms with van der Waals surface area (Å²) in [6, 6.07) is 0.560. The number of likely N-dealkylation sites (tertiary alicyclic amines) is 1. The lowest BCUT2D eigenvalue weighted by Crippen LogP contribution is -2.49. The Morgan fingerprint density at radius 2 is 2.08 bits per heavy atom. The molecular formula is C18H36N4OS. The van der Waals surface area contributed by atoms with Crippen molar-refractivity contribution in [2.45, 2.75) is 45.1 Å². The molecule has 140 valence electrons. The summed E-state index contributed by atoms with van der Waals surface area (Å²) in [5.41, 5.74) is 0. The second kappa shape index (κ2) is 12.0. The molecule has 2 saturated heterocycles. The average molecular weight is 357 g/mol. The van der Waals surface area contributed by atoms with Crippen molar-refractivity contribution in [2.24, 2.45) is 10.9 Å². The number of nitrogens with one attached hydrogen (secondary N) is 2. The van der Waals surface area contributed by atoms with Crippen LogP contribution in [-0.4, -0.2) is 74.8 Å². The third-order valence-electron chi connectivity index (χ3n) is 4.84. The van der Waals surface area contributed by atoms with Gasteiger partial charge in [0.2, 0.25) is 0 Å². The summed E-state index contributed by atoms with van der Waals surface area (Å²) >= 11 is 1.92. The highest BCUT2D eigenvalue weighted by Crippen LogP contribution is 2.17. The van der Waals surface area contributed by atoms with Gasteiger partial charge in [-0.25, -0.2) is 0 Å². The second-order valence-corrected chi connectivity index (χ2v) is 7.89. The van der Waals surface area contributed by atoms with Gasteiger partial charge >= 0.3 is 0 Å². The summed E-state index contributed by atoms with van der Waals surface area (Å²) in [6.07, 6.45) is 8.27. The molecule has 0 bridgehead atoms. The van der Waals surface area contributed by atoms with Crippen LogP contribution in [0.25, 0.3) is 0 Å². The van der Waals surface area contributed by atoms with Crippen molar-refractivity contribution in [3.8, 4) is 0 Å². The Balaban J connectivity index is 1.65. The van der Waals surface area contributed by atoms with E-state index in [-0.39, 0.29) is 0 Å². The zero-order valence-corrected chi connectivity index (χ0v) is 16.4. The van der Waals surface area contributed by atoms with E-state index in [0.29, 0.717) is 6.04 Å². The predicted octanol–water partition coefficient (Wildman–Crippen LogP) is 2.19. The fourth-order valence-electron chi connectivity index (χ4n) is 3.41. The molecule has 2 aliphatic heterocycles. The number of hydrogen-bond acceptors (Lipinski definition) is 4. The second-order valence-electron chi connectivity index (χ2n) is 6.91. The molecule has 1 atom stereocenters. The van der Waals surface area contributed by atoms with E-state index in [1.807, 2.05) is 11.8 Å². The average Bonchev–Trinajstić information content (AvgIpc) is 3.09. The summed E-state index contributed by atoms with van der Waals surface area (Å²) in [5.74, 6) is 3.00. The molecule has 0 radical (unpaired) electrons. The van der Waals surface area contributed by atoms with Crippen molar-refractivity contribution in [1.29, 1.82) is 0 Å². The van der Waals surface area contributed by atoms with Crippen molar-refractivity contribution >= 4 is 17.7 Å². The lowest BCUT2D eigenvalue weighted by atomic mass is 10.0. The predicted molar refractivity (Wildman–Crippen MR) is 105 cm³/mol. The van der Waals surface area contributed by atoms with Crippen LogP contribution in [0.3, 0.4) is 0 Å². The maximum absolute atomic E-state index is 5.50. The van der Waals surface area contributed by atoms with Crippen molar-refractivity contribution in [3.05, 3.63) is 0 Å². The first-order chi connectivity index (χ1) is 11.8. The minimum atomic E-state index is 0.560. The number of piperidine rings is 1. The van der Waals surface area contributed by atoms with Gasteiger partial charge in [0.25, 0.3) is 0 Å². The van der Waals surface area contributed by atoms with E-state index in [0.717, 1.165) is 38.2 Å². The van der Waals surface area contributed by atoms with E-state index in [9.17, 15) is 0 Å². The monoisotopic (exact) mass is 356 g/mol. The van der Waals surface area contributed by atoms with Gasteiger partial charge in [0.05, 0.1) is 6.61 Å². The quantitative estimate of drug-likeness (QED) is 0.377. The fraction of sp³-hybridized carbons (Fsp3) is 0.944. The van der Waals surface area contributed by atoms with E-state index < -0.39 is 0 Å². The molecule has 0 aromatic rings. The van der Waals surface area contributed by atoms with E-state index in [4.69, 9.17) is 9.73 Å². The van der Waals surface area contributed by atoms with Crippen molar-refractivity contribution in [1.82, 2.24) is 15.5 Å². The molecule has 0 saturated carbocycles. The number of hydrogen-bond donors (Lipinski definition) is 2. The molecule has 0 aromatic carbocycles. The third-order valence-corrected chi connectivity index (χ3v) is 5.54. The Bertz CT molecular complexity index is 353. The minimum absolute atomic E-state index is 0.560. The molecule has 0 aliphatic carbocycles. The molecule has 0 aromatic heterocycles. The van der Waals surface area contributed by atoms with Gasteiger partial charge in [-0.2, -0.15) is 11.8 Å². The summed E-state index contributed by atoms with van der Waals surface area (Å²) in [6.45, 7) is 9.53. The molecule has 2 rings (SSSR count). The van der Waals surface area contributed by atoms with Crippen LogP contribution in [0.1, 0.15) is 39.0 Å². The van der Waals surface area contributed by atoms with Gasteiger partial charge in [-0.1, -0.05) is 0 Å². The molecular weight excluding hydrogens is 320 g/mol. The highest BCUT2D eigenvalue weighted by atomic mass is 32.2. The number of rotatable bonds is 9. The summed E-state index contributed by atoms with van der Waals surface area (Å²) < 4.78 is 5.50. The number of unbranched alkanes of at least 4 members (excludes halogenated alkanes) is 1. The van der Waals surface area contributed by atoms with Gasteiger partial charge in [0.1, 0.15) is 0 Å². The van der Waals surface area contributed by atoms with Crippen LogP contribution >= 0.6 is 11.8 Å². The molecule has 2 N–H and O–H groups in total. The Labute approximate surface area is 152 Å². The number of guanidine groups is 1. The minimum Gasteiger partial charge on any atom is -0.381 e. The smallest absolute Gasteiger partial charge is 0.191 e. The van der Waals surface area contributed by atoms with E-state index in [2.05, 4.69) is 28.7 Å². The lowest BCUT2D eigenvalue weighted by Gasteiger charge is -2.34. The van der Waals surface area contributed by atoms with Gasteiger partial charge in [0, 0.05) is 45.4 Å². The van der Waals surface area contributed by atoms with Gasteiger partial charge < -0.3 is 20.3 Å². The molecule has 24 heavy (non-hydrogen) atoms. The molecule has 2 aliphatic rings. The summed E-state index contributed by atoms with van der Waals surface area (Å²) in [7, 11) is 0. The van der Waals surface area contributed by atoms with E-state index in [1.165, 1.54) is 57.5 Å². The first kappa shape index (κ1) is 19.9. The third kappa shape index (κ3) is 7.62. The molecule has 6 heteroatoms. The first-order valence-corrected chi connectivity index (χ1v) is 11.0. The maximum atomic E-state index is 5.50. The topological polar surface area (TPSA) is 48.9 Å². The van der Waals surface area contributed by atoms with Gasteiger partial charge in [0.15, 0.2) is 5.96 Å². The molecule has 0 amide bonds. The van der Waals surface area contributed by atoms with Crippen LogP contribution in [0.4, 0.5) is 0 Å². The highest BCUT2D eigenvalue weighted by Gasteiger charge is 2.24. The normalized spacial score (nSPS) is 23.6. The van der Waals surface area contributed by atoms with E-state index in [1.54, 1.807) is 0 Å². The number of thioether (sulfide) groups is 1. The van der Waals surface area contributed by atoms with Crippen molar-refractivity contribution in [2.75, 3.05) is 57.9 Å². The van der Waals surface area contributed by atoms with E-state index >= 15 is 0 Å². The van der Waals surface area contributed by atoms with Crippen LogP contribution < -0.4 is 10.6 Å². The molecule has 2 heterocycles. The van der Waals surface area contributed by atoms with Crippen LogP contribution in [-0.2, 0) is 4.74 Å². The molecule has 5 nitrogen and oxygen atoms in total. The maximum Gasteiger partial charge on any atom is 0.191 e. The Kier molecular flexibility index (Phi) is 9.92. The highest BCUT2D eigenvalue weighted by molar-refractivity contribution is 7.98. The van der Waals surface area contributed by atoms with Gasteiger partial charge in [-0.3, -0.25) is 4.99 Å². The zero-order valence-electron chi connectivity index (χ0n) is 15.6. The van der Waals surface area contributed by atoms with Crippen molar-refractivity contribution < 1.29 is 4.74 Å². The number of aliphatic imine (C=N–C) groups is 1. The van der Waals surface area contributed by atoms with Gasteiger partial charge in [-0.05, 0) is 57.0 Å². The largest absolute Gasteiger partial charge is 0.381 e. The summed E-state index contributed by atoms with van der Waals surface area (Å²) in [4.78, 5) is 7.35. The van der Waals surface area contributed by atoms with Crippen molar-refractivity contribution in [3.63, 3.8) is 0 Å². The Morgan fingerprint density at radius 3 is 2.75 bits per heavy atom. The summed E-state index contributed by atoms with van der Waals surface area (Å²) in [5, 5.41) is 7.04. The zero-order chi connectivity index (χ0) is 17.0. The van der Waals surface area contributed by atoms with Crippen LogP contribution in [0.5, 0.6) is 0 Å². The fourth-order valence-corrected chi connectivity index (χ4v) is 3.91. The molecule has 1 unspecified atom stereocenters.